The van der Waals surface area contributed by atoms with Crippen molar-refractivity contribution < 1.29 is 13.6 Å². The number of aromatic nitrogens is 3. The Kier molecular flexibility index (Phi) is 6.81. The molecule has 5 rings (SSSR count). The average molecular weight is 500 g/mol. The number of likely N-dealkylation sites (tertiary alicyclic amines) is 2. The van der Waals surface area contributed by atoms with Crippen molar-refractivity contribution in [2.45, 2.75) is 56.0 Å². The molecule has 0 saturated carbocycles. The topological polar surface area (TPSA) is 54.3 Å². The second kappa shape index (κ2) is 9.85. The summed E-state index contributed by atoms with van der Waals surface area (Å²) >= 11 is 1.54. The summed E-state index contributed by atoms with van der Waals surface area (Å²) in [5.41, 5.74) is 1.49. The normalized spacial score (nSPS) is 19.4. The number of amides is 1. The molecule has 1 aromatic carbocycles. The molecule has 2 aromatic heterocycles. The third-order valence-corrected chi connectivity index (χ3v) is 8.08. The van der Waals surface area contributed by atoms with E-state index in [1.54, 1.807) is 36.4 Å². The van der Waals surface area contributed by atoms with Gasteiger partial charge in [-0.25, -0.2) is 13.8 Å². The highest BCUT2D eigenvalue weighted by molar-refractivity contribution is 7.98. The van der Waals surface area contributed by atoms with E-state index in [1.165, 1.54) is 11.8 Å². The van der Waals surface area contributed by atoms with Crippen LogP contribution < -0.4 is 0 Å². The number of hydrogen-bond donors (Lipinski definition) is 0. The first kappa shape index (κ1) is 24.2. The number of halogens is 2. The number of piperidine rings is 2. The van der Waals surface area contributed by atoms with E-state index in [2.05, 4.69) is 14.5 Å². The fourth-order valence-corrected chi connectivity index (χ4v) is 5.97. The fourth-order valence-electron chi connectivity index (χ4n) is 5.33. The molecule has 4 heterocycles. The van der Waals surface area contributed by atoms with Gasteiger partial charge in [0, 0.05) is 70.1 Å². The highest BCUT2D eigenvalue weighted by Gasteiger charge is 2.45. The lowest BCUT2D eigenvalue weighted by atomic mass is 9.90. The molecule has 1 amide bonds. The summed E-state index contributed by atoms with van der Waals surface area (Å²) in [6, 6.07) is 7.38. The van der Waals surface area contributed by atoms with Crippen LogP contribution in [0.4, 0.5) is 8.78 Å². The molecule has 0 unspecified atom stereocenters. The Bertz CT molecular complexity index is 1200. The first-order valence-electron chi connectivity index (χ1n) is 12.2. The lowest BCUT2D eigenvalue weighted by Crippen LogP contribution is -2.53. The number of alkyl halides is 1. The Morgan fingerprint density at radius 1 is 1.14 bits per heavy atom. The minimum atomic E-state index is -1.80. The number of hydrogen-bond acceptors (Lipinski definition) is 5. The maximum absolute atomic E-state index is 15.8. The Balaban J connectivity index is 1.22. The molecule has 0 bridgehead atoms. The van der Waals surface area contributed by atoms with Gasteiger partial charge >= 0.3 is 0 Å². The summed E-state index contributed by atoms with van der Waals surface area (Å²) in [5, 5.41) is 0.846. The number of imidazole rings is 1. The summed E-state index contributed by atoms with van der Waals surface area (Å²) in [7, 11) is 0. The number of carbonyl (C=O) groups is 1. The number of pyridine rings is 1. The van der Waals surface area contributed by atoms with Gasteiger partial charge in [0.1, 0.15) is 5.82 Å². The molecule has 2 aliphatic heterocycles. The van der Waals surface area contributed by atoms with Crippen LogP contribution in [0.1, 0.15) is 42.9 Å². The number of thioether (sulfide) groups is 1. The van der Waals surface area contributed by atoms with E-state index in [-0.39, 0.29) is 30.6 Å². The van der Waals surface area contributed by atoms with Crippen molar-refractivity contribution >= 4 is 28.7 Å². The highest BCUT2D eigenvalue weighted by Crippen LogP contribution is 2.35. The Labute approximate surface area is 208 Å². The van der Waals surface area contributed by atoms with Crippen molar-refractivity contribution in [3.05, 3.63) is 53.6 Å². The number of aryl methyl sites for hydroxylation is 1. The van der Waals surface area contributed by atoms with Crippen LogP contribution in [0.15, 0.2) is 41.8 Å². The first-order valence-corrected chi connectivity index (χ1v) is 13.4. The second-order valence-electron chi connectivity index (χ2n) is 9.68. The van der Waals surface area contributed by atoms with Gasteiger partial charge in [-0.2, -0.15) is 0 Å². The molecule has 6 nitrogen and oxygen atoms in total. The number of fused-ring (bicyclic) bond motifs is 1. The molecule has 186 valence electrons. The molecule has 0 spiro atoms. The average Bonchev–Trinajstić information content (AvgIpc) is 3.23. The highest BCUT2D eigenvalue weighted by atomic mass is 32.2. The molecule has 0 radical (unpaired) electrons. The van der Waals surface area contributed by atoms with Gasteiger partial charge in [0.05, 0.1) is 11.0 Å². The summed E-state index contributed by atoms with van der Waals surface area (Å²) in [5.74, 6) is -0.615. The lowest BCUT2D eigenvalue weighted by molar-refractivity contribution is -0.149. The van der Waals surface area contributed by atoms with Crippen molar-refractivity contribution in [3.63, 3.8) is 0 Å². The van der Waals surface area contributed by atoms with Crippen LogP contribution in [0.25, 0.3) is 11.0 Å². The monoisotopic (exact) mass is 499 g/mol. The predicted octanol–water partition coefficient (Wildman–Crippen LogP) is 4.77. The fraction of sp³-hybridized carbons (Fsp3) is 0.500. The van der Waals surface area contributed by atoms with Crippen molar-refractivity contribution in [2.75, 3.05) is 32.4 Å². The van der Waals surface area contributed by atoms with Gasteiger partial charge in [0.2, 0.25) is 0 Å². The van der Waals surface area contributed by atoms with E-state index in [0.717, 1.165) is 28.3 Å². The molecule has 2 saturated heterocycles. The summed E-state index contributed by atoms with van der Waals surface area (Å²) in [6.07, 6.45) is 7.33. The smallest absolute Gasteiger partial charge is 0.260 e. The number of nitrogens with zero attached hydrogens (tertiary/aromatic N) is 5. The molecule has 0 aliphatic carbocycles. The summed E-state index contributed by atoms with van der Waals surface area (Å²) < 4.78 is 32.2. The minimum absolute atomic E-state index is 0.103. The molecule has 0 atom stereocenters. The third-order valence-electron chi connectivity index (χ3n) is 7.42. The molecule has 2 fully saturated rings. The SMILES string of the molecule is CSc1nc2cc(C)c(F)cc2n1C1CCN(C(=O)C2(F)CCN(Cc3ccncc3)CC2)CC1. The molecule has 2 aliphatic rings. The second-order valence-corrected chi connectivity index (χ2v) is 10.5. The lowest BCUT2D eigenvalue weighted by Gasteiger charge is -2.40. The Morgan fingerprint density at radius 3 is 2.49 bits per heavy atom. The van der Waals surface area contributed by atoms with Crippen LogP contribution in [0, 0.1) is 12.7 Å². The first-order chi connectivity index (χ1) is 16.9. The van der Waals surface area contributed by atoms with Crippen molar-refractivity contribution in [2.24, 2.45) is 0 Å². The van der Waals surface area contributed by atoms with Crippen molar-refractivity contribution in [1.29, 1.82) is 0 Å². The van der Waals surface area contributed by atoms with Gasteiger partial charge in [-0.15, -0.1) is 0 Å². The van der Waals surface area contributed by atoms with Gasteiger partial charge in [-0.05, 0) is 55.3 Å². The number of carbonyl (C=O) groups excluding carboxylic acids is 1. The Morgan fingerprint density at radius 2 is 1.83 bits per heavy atom. The predicted molar refractivity (Wildman–Crippen MR) is 134 cm³/mol. The van der Waals surface area contributed by atoms with Crippen LogP contribution >= 0.6 is 11.8 Å². The summed E-state index contributed by atoms with van der Waals surface area (Å²) in [6.45, 7) is 4.60. The van der Waals surface area contributed by atoms with E-state index in [9.17, 15) is 9.18 Å². The van der Waals surface area contributed by atoms with Crippen LogP contribution in [-0.4, -0.2) is 68.3 Å². The quantitative estimate of drug-likeness (QED) is 0.474. The van der Waals surface area contributed by atoms with E-state index < -0.39 is 5.67 Å². The van der Waals surface area contributed by atoms with Gasteiger partial charge in [-0.3, -0.25) is 14.7 Å². The summed E-state index contributed by atoms with van der Waals surface area (Å²) in [4.78, 5) is 25.8. The van der Waals surface area contributed by atoms with Crippen LogP contribution in [0.3, 0.4) is 0 Å². The van der Waals surface area contributed by atoms with Crippen LogP contribution in [0.2, 0.25) is 0 Å². The van der Waals surface area contributed by atoms with Gasteiger partial charge in [0.15, 0.2) is 10.8 Å². The number of benzene rings is 1. The molecule has 35 heavy (non-hydrogen) atoms. The molecule has 3 aromatic rings. The van der Waals surface area contributed by atoms with Gasteiger partial charge in [-0.1, -0.05) is 11.8 Å². The maximum atomic E-state index is 15.8. The molecule has 0 N–H and O–H groups in total. The van der Waals surface area contributed by atoms with E-state index in [4.69, 9.17) is 4.98 Å². The zero-order chi connectivity index (χ0) is 24.6. The van der Waals surface area contributed by atoms with Gasteiger partial charge in [0.25, 0.3) is 5.91 Å². The van der Waals surface area contributed by atoms with Crippen LogP contribution in [0.5, 0.6) is 0 Å². The van der Waals surface area contributed by atoms with Crippen molar-refractivity contribution in [3.8, 4) is 0 Å². The molecule has 9 heteroatoms. The zero-order valence-corrected chi connectivity index (χ0v) is 21.0. The zero-order valence-electron chi connectivity index (χ0n) is 20.2. The van der Waals surface area contributed by atoms with Crippen molar-refractivity contribution in [1.82, 2.24) is 24.3 Å². The standard InChI is InChI=1S/C26H31F2N5OS/c1-18-15-22-23(16-21(18)27)33(25(30-22)35-2)20-5-11-32(12-6-20)24(34)26(28)7-13-31(14-8-26)17-19-3-9-29-10-4-19/h3-4,9-10,15-16,20H,5-8,11-14,17H2,1-2H3. The third kappa shape index (κ3) is 4.80. The van der Waals surface area contributed by atoms with E-state index in [1.807, 2.05) is 18.4 Å². The minimum Gasteiger partial charge on any atom is -0.340 e. The molecular weight excluding hydrogens is 468 g/mol. The maximum Gasteiger partial charge on any atom is 0.260 e. The van der Waals surface area contributed by atoms with E-state index in [0.29, 0.717) is 44.6 Å². The number of rotatable bonds is 5. The Hall–Kier alpha value is -2.52. The van der Waals surface area contributed by atoms with Gasteiger partial charge < -0.3 is 9.47 Å². The van der Waals surface area contributed by atoms with Crippen LogP contribution in [-0.2, 0) is 11.3 Å². The largest absolute Gasteiger partial charge is 0.340 e. The van der Waals surface area contributed by atoms with E-state index >= 15 is 4.39 Å². The molecular formula is C26H31F2N5OS.